The molecule has 1 aromatic rings. The molecule has 1 heteroatoms. The molecule has 0 bridgehead atoms. The van der Waals surface area contributed by atoms with Gasteiger partial charge in [0.25, 0.3) is 0 Å². The third-order valence-corrected chi connectivity index (χ3v) is 2.48. The summed E-state index contributed by atoms with van der Waals surface area (Å²) in [5.74, 6) is 1.38. The van der Waals surface area contributed by atoms with Crippen molar-refractivity contribution in [1.29, 1.82) is 0 Å². The molecule has 0 saturated carbocycles. The first-order chi connectivity index (χ1) is 7.33. The summed E-state index contributed by atoms with van der Waals surface area (Å²) < 4.78 is 5.35. The summed E-state index contributed by atoms with van der Waals surface area (Å²) in [5, 5.41) is 0. The Kier molecular flexibility index (Phi) is 4.69. The van der Waals surface area contributed by atoms with Crippen LogP contribution in [-0.2, 0) is 0 Å². The molecule has 15 heavy (non-hydrogen) atoms. The first-order valence-electron chi connectivity index (χ1n) is 5.18. The van der Waals surface area contributed by atoms with Crippen molar-refractivity contribution in [3.8, 4) is 5.75 Å². The van der Waals surface area contributed by atoms with E-state index in [1.54, 1.807) is 7.11 Å². The van der Waals surface area contributed by atoms with Gasteiger partial charge in [-0.05, 0) is 30.4 Å². The van der Waals surface area contributed by atoms with Crippen LogP contribution < -0.4 is 4.74 Å². The van der Waals surface area contributed by atoms with Crippen molar-refractivity contribution >= 4 is 0 Å². The van der Waals surface area contributed by atoms with Gasteiger partial charge in [0.1, 0.15) is 5.75 Å². The van der Waals surface area contributed by atoms with Crippen LogP contribution in [0.1, 0.15) is 24.3 Å². The number of ether oxygens (including phenoxy) is 1. The molecule has 0 N–H and O–H groups in total. The summed E-state index contributed by atoms with van der Waals surface area (Å²) in [6, 6.07) is 8.13. The van der Waals surface area contributed by atoms with E-state index in [0.717, 1.165) is 18.6 Å². The summed E-state index contributed by atoms with van der Waals surface area (Å²) in [4.78, 5) is 0. The van der Waals surface area contributed by atoms with Crippen molar-refractivity contribution < 1.29 is 4.74 Å². The SMILES string of the molecule is C=CCC(CC=C)c1ccccc1OC. The number of rotatable bonds is 6. The summed E-state index contributed by atoms with van der Waals surface area (Å²) in [6.45, 7) is 7.58. The molecule has 0 spiro atoms. The van der Waals surface area contributed by atoms with Crippen LogP contribution in [0.2, 0.25) is 0 Å². The summed E-state index contributed by atoms with van der Waals surface area (Å²) in [7, 11) is 1.71. The first kappa shape index (κ1) is 11.6. The van der Waals surface area contributed by atoms with Gasteiger partial charge in [0, 0.05) is 0 Å². The number of hydrogen-bond acceptors (Lipinski definition) is 1. The van der Waals surface area contributed by atoms with E-state index in [-0.39, 0.29) is 0 Å². The minimum Gasteiger partial charge on any atom is -0.496 e. The van der Waals surface area contributed by atoms with Crippen LogP contribution in [-0.4, -0.2) is 7.11 Å². The highest BCUT2D eigenvalue weighted by molar-refractivity contribution is 5.36. The highest BCUT2D eigenvalue weighted by atomic mass is 16.5. The van der Waals surface area contributed by atoms with Gasteiger partial charge >= 0.3 is 0 Å². The maximum atomic E-state index is 5.35. The fourth-order valence-corrected chi connectivity index (χ4v) is 1.76. The maximum absolute atomic E-state index is 5.35. The topological polar surface area (TPSA) is 9.23 Å². The van der Waals surface area contributed by atoms with Gasteiger partial charge in [-0.1, -0.05) is 30.4 Å². The third-order valence-electron chi connectivity index (χ3n) is 2.48. The van der Waals surface area contributed by atoms with Crippen LogP contribution in [0.5, 0.6) is 5.75 Å². The van der Waals surface area contributed by atoms with E-state index in [9.17, 15) is 0 Å². The Morgan fingerprint density at radius 2 is 1.80 bits per heavy atom. The summed E-state index contributed by atoms with van der Waals surface area (Å²) >= 11 is 0. The van der Waals surface area contributed by atoms with Gasteiger partial charge in [-0.3, -0.25) is 0 Å². The fraction of sp³-hybridized carbons (Fsp3) is 0.286. The fourth-order valence-electron chi connectivity index (χ4n) is 1.76. The van der Waals surface area contributed by atoms with Gasteiger partial charge in [-0.2, -0.15) is 0 Å². The second kappa shape index (κ2) is 6.07. The molecule has 0 atom stereocenters. The van der Waals surface area contributed by atoms with Crippen molar-refractivity contribution in [1.82, 2.24) is 0 Å². The normalized spacial score (nSPS) is 10.0. The smallest absolute Gasteiger partial charge is 0.122 e. The van der Waals surface area contributed by atoms with Crippen molar-refractivity contribution in [3.63, 3.8) is 0 Å². The van der Waals surface area contributed by atoms with Crippen molar-refractivity contribution in [3.05, 3.63) is 55.1 Å². The second-order valence-corrected chi connectivity index (χ2v) is 3.49. The Morgan fingerprint density at radius 3 is 2.33 bits per heavy atom. The zero-order valence-electron chi connectivity index (χ0n) is 9.28. The lowest BCUT2D eigenvalue weighted by atomic mass is 9.92. The number of hydrogen-bond donors (Lipinski definition) is 0. The standard InChI is InChI=1S/C14H18O/c1-4-8-12(9-5-2)13-10-6-7-11-14(13)15-3/h4-7,10-12H,1-2,8-9H2,3H3. The van der Waals surface area contributed by atoms with E-state index < -0.39 is 0 Å². The van der Waals surface area contributed by atoms with Crippen molar-refractivity contribution in [2.45, 2.75) is 18.8 Å². The summed E-state index contributed by atoms with van der Waals surface area (Å²) in [6.07, 6.45) is 5.79. The van der Waals surface area contributed by atoms with E-state index in [0.29, 0.717) is 5.92 Å². The van der Waals surface area contributed by atoms with Crippen molar-refractivity contribution in [2.75, 3.05) is 7.11 Å². The molecule has 0 fully saturated rings. The minimum atomic E-state index is 0.427. The maximum Gasteiger partial charge on any atom is 0.122 e. The molecule has 0 unspecified atom stereocenters. The van der Waals surface area contributed by atoms with Crippen LogP contribution in [0, 0.1) is 0 Å². The predicted molar refractivity (Wildman–Crippen MR) is 65.4 cm³/mol. The van der Waals surface area contributed by atoms with Gasteiger partial charge in [0.2, 0.25) is 0 Å². The Labute approximate surface area is 92.1 Å². The quantitative estimate of drug-likeness (QED) is 0.635. The molecular weight excluding hydrogens is 184 g/mol. The Bertz CT molecular complexity index is 318. The highest BCUT2D eigenvalue weighted by Gasteiger charge is 2.12. The average molecular weight is 202 g/mol. The van der Waals surface area contributed by atoms with E-state index in [1.165, 1.54) is 5.56 Å². The second-order valence-electron chi connectivity index (χ2n) is 3.49. The molecule has 1 rings (SSSR count). The van der Waals surface area contributed by atoms with Gasteiger partial charge in [0.05, 0.1) is 7.11 Å². The molecular formula is C14H18O. The molecule has 0 saturated heterocycles. The number of allylic oxidation sites excluding steroid dienone is 2. The van der Waals surface area contributed by atoms with E-state index in [4.69, 9.17) is 4.74 Å². The Balaban J connectivity index is 2.97. The molecule has 0 heterocycles. The molecule has 0 aliphatic carbocycles. The Hall–Kier alpha value is -1.50. The number of methoxy groups -OCH3 is 1. The molecule has 80 valence electrons. The summed E-state index contributed by atoms with van der Waals surface area (Å²) in [5.41, 5.74) is 1.24. The van der Waals surface area contributed by atoms with Crippen LogP contribution in [0.25, 0.3) is 0 Å². The lowest BCUT2D eigenvalue weighted by molar-refractivity contribution is 0.405. The van der Waals surface area contributed by atoms with Gasteiger partial charge in [-0.15, -0.1) is 13.2 Å². The molecule has 0 radical (unpaired) electrons. The molecule has 1 aromatic carbocycles. The van der Waals surface area contributed by atoms with Crippen molar-refractivity contribution in [2.24, 2.45) is 0 Å². The van der Waals surface area contributed by atoms with Crippen LogP contribution >= 0.6 is 0 Å². The minimum absolute atomic E-state index is 0.427. The largest absolute Gasteiger partial charge is 0.496 e. The third kappa shape index (κ3) is 2.98. The van der Waals surface area contributed by atoms with Crippen LogP contribution in [0.3, 0.4) is 0 Å². The Morgan fingerprint density at radius 1 is 1.20 bits per heavy atom. The molecule has 0 amide bonds. The van der Waals surface area contributed by atoms with E-state index >= 15 is 0 Å². The number of benzene rings is 1. The molecule has 1 nitrogen and oxygen atoms in total. The lowest BCUT2D eigenvalue weighted by Gasteiger charge is -2.16. The first-order valence-corrected chi connectivity index (χ1v) is 5.18. The number of para-hydroxylation sites is 1. The van der Waals surface area contributed by atoms with Gasteiger partial charge in [0.15, 0.2) is 0 Å². The lowest BCUT2D eigenvalue weighted by Crippen LogP contribution is -1.99. The van der Waals surface area contributed by atoms with Crippen LogP contribution in [0.15, 0.2) is 49.6 Å². The van der Waals surface area contributed by atoms with Gasteiger partial charge in [-0.25, -0.2) is 0 Å². The monoisotopic (exact) mass is 202 g/mol. The molecule has 0 aliphatic rings. The predicted octanol–water partition coefficient (Wildman–Crippen LogP) is 3.93. The highest BCUT2D eigenvalue weighted by Crippen LogP contribution is 2.31. The molecule has 0 aliphatic heterocycles. The van der Waals surface area contributed by atoms with E-state index in [1.807, 2.05) is 30.4 Å². The molecule has 0 aromatic heterocycles. The average Bonchev–Trinajstić information content (AvgIpc) is 2.29. The van der Waals surface area contributed by atoms with E-state index in [2.05, 4.69) is 19.2 Å². The zero-order chi connectivity index (χ0) is 11.1. The zero-order valence-corrected chi connectivity index (χ0v) is 9.28. The van der Waals surface area contributed by atoms with Crippen LogP contribution in [0.4, 0.5) is 0 Å². The van der Waals surface area contributed by atoms with Gasteiger partial charge < -0.3 is 4.74 Å².